The summed E-state index contributed by atoms with van der Waals surface area (Å²) in [4.78, 5) is 21.0. The van der Waals surface area contributed by atoms with E-state index >= 15 is 0 Å². The molecule has 0 fully saturated rings. The third-order valence-corrected chi connectivity index (χ3v) is 3.23. The van der Waals surface area contributed by atoms with E-state index in [1.54, 1.807) is 0 Å². The van der Waals surface area contributed by atoms with Gasteiger partial charge in [-0.2, -0.15) is 0 Å². The molecule has 0 bridgehead atoms. The average Bonchev–Trinajstić information content (AvgIpc) is 2.46. The Balaban J connectivity index is 2.98. The maximum absolute atomic E-state index is 11.0. The minimum Gasteiger partial charge on any atom is -0.487 e. The van der Waals surface area contributed by atoms with Gasteiger partial charge in [-0.25, -0.2) is 4.79 Å². The van der Waals surface area contributed by atoms with Gasteiger partial charge in [0.05, 0.1) is 11.5 Å². The summed E-state index contributed by atoms with van der Waals surface area (Å²) in [6.45, 7) is 4.48. The summed E-state index contributed by atoms with van der Waals surface area (Å²) in [5.41, 5.74) is 0.427. The number of benzene rings is 1. The largest absolute Gasteiger partial charge is 0.487 e. The van der Waals surface area contributed by atoms with Crippen molar-refractivity contribution in [3.63, 3.8) is 0 Å². The fraction of sp³-hybridized carbons (Fsp3) is 0.400. The Bertz CT molecular complexity index is 535. The van der Waals surface area contributed by atoms with Crippen LogP contribution in [-0.4, -0.2) is 22.6 Å². The molecule has 1 N–H and O–H groups in total. The van der Waals surface area contributed by atoms with Crippen LogP contribution in [0.15, 0.2) is 24.3 Å². The first kappa shape index (κ1) is 16.7. The number of rotatable bonds is 8. The zero-order valence-corrected chi connectivity index (χ0v) is 12.1. The molecular formula is C15H19NO5. The minimum atomic E-state index is -1.08. The van der Waals surface area contributed by atoms with E-state index in [2.05, 4.69) is 0 Å². The first-order valence-corrected chi connectivity index (χ1v) is 6.80. The second-order valence-electron chi connectivity index (χ2n) is 4.65. The van der Waals surface area contributed by atoms with Crippen molar-refractivity contribution in [2.45, 2.75) is 26.7 Å². The molecule has 0 atom stereocenters. The van der Waals surface area contributed by atoms with Crippen molar-refractivity contribution in [2.24, 2.45) is 5.92 Å². The third kappa shape index (κ3) is 5.25. The Kier molecular flexibility index (Phi) is 6.39. The normalized spacial score (nSPS) is 11.0. The van der Waals surface area contributed by atoms with E-state index in [0.717, 1.165) is 18.9 Å². The first-order valence-electron chi connectivity index (χ1n) is 6.80. The number of carbonyl (C=O) groups is 1. The number of ether oxygens (including phenoxy) is 1. The highest BCUT2D eigenvalue weighted by molar-refractivity contribution is 5.85. The molecule has 0 unspecified atom stereocenters. The van der Waals surface area contributed by atoms with Crippen molar-refractivity contribution in [1.29, 1.82) is 0 Å². The van der Waals surface area contributed by atoms with E-state index in [9.17, 15) is 14.9 Å². The molecule has 0 aliphatic rings. The van der Waals surface area contributed by atoms with E-state index < -0.39 is 10.9 Å². The number of carboxylic acid groups (broad SMARTS) is 1. The monoisotopic (exact) mass is 293 g/mol. The number of hydrogen-bond donors (Lipinski definition) is 1. The molecule has 1 rings (SSSR count). The number of nitrogens with zero attached hydrogens (tertiary/aromatic N) is 1. The van der Waals surface area contributed by atoms with E-state index in [0.29, 0.717) is 18.1 Å². The first-order chi connectivity index (χ1) is 9.97. The Labute approximate surface area is 123 Å². The smallest absolute Gasteiger partial charge is 0.328 e. The van der Waals surface area contributed by atoms with Crippen LogP contribution in [0.5, 0.6) is 5.75 Å². The molecule has 0 saturated carbocycles. The highest BCUT2D eigenvalue weighted by Gasteiger charge is 2.16. The molecule has 0 aliphatic heterocycles. The molecule has 6 heteroatoms. The van der Waals surface area contributed by atoms with Crippen LogP contribution in [0.25, 0.3) is 6.08 Å². The van der Waals surface area contributed by atoms with E-state index in [4.69, 9.17) is 9.84 Å². The van der Waals surface area contributed by atoms with Gasteiger partial charge in [0.25, 0.3) is 0 Å². The molecule has 6 nitrogen and oxygen atoms in total. The maximum atomic E-state index is 11.0. The lowest BCUT2D eigenvalue weighted by atomic mass is 10.1. The van der Waals surface area contributed by atoms with Crippen molar-refractivity contribution in [1.82, 2.24) is 0 Å². The highest BCUT2D eigenvalue weighted by Crippen LogP contribution is 2.29. The summed E-state index contributed by atoms with van der Waals surface area (Å²) in [6.07, 6.45) is 4.22. The van der Waals surface area contributed by atoms with Gasteiger partial charge in [0.15, 0.2) is 5.75 Å². The number of carboxylic acids is 1. The van der Waals surface area contributed by atoms with Gasteiger partial charge in [-0.15, -0.1) is 0 Å². The van der Waals surface area contributed by atoms with E-state index in [-0.39, 0.29) is 11.4 Å². The molecule has 0 aromatic heterocycles. The van der Waals surface area contributed by atoms with Gasteiger partial charge in [0.1, 0.15) is 0 Å². The summed E-state index contributed by atoms with van der Waals surface area (Å²) in [6, 6.07) is 4.30. The van der Waals surface area contributed by atoms with Crippen LogP contribution in [0.3, 0.4) is 0 Å². The number of aliphatic carboxylic acids is 1. The minimum absolute atomic E-state index is 0.117. The quantitative estimate of drug-likeness (QED) is 0.450. The van der Waals surface area contributed by atoms with Crippen molar-refractivity contribution in [3.05, 3.63) is 40.0 Å². The molecule has 0 amide bonds. The lowest BCUT2D eigenvalue weighted by molar-refractivity contribution is -0.385. The van der Waals surface area contributed by atoms with Gasteiger partial charge >= 0.3 is 11.7 Å². The predicted octanol–water partition coefficient (Wildman–Crippen LogP) is 3.51. The van der Waals surface area contributed by atoms with E-state index in [1.165, 1.54) is 24.3 Å². The van der Waals surface area contributed by atoms with Crippen molar-refractivity contribution in [2.75, 3.05) is 6.61 Å². The standard InChI is InChI=1S/C15H19NO5/c1-3-11(4-2)10-21-14-9-12(6-8-15(17)18)5-7-13(14)16(19)20/h5-9,11H,3-4,10H2,1-2H3,(H,17,18)/b8-6+. The Morgan fingerprint density at radius 2 is 2.10 bits per heavy atom. The van der Waals surface area contributed by atoms with Gasteiger partial charge in [-0.3, -0.25) is 10.1 Å². The van der Waals surface area contributed by atoms with Crippen LogP contribution < -0.4 is 4.74 Å². The van der Waals surface area contributed by atoms with Gasteiger partial charge in [0.2, 0.25) is 0 Å². The molecule has 1 aromatic carbocycles. The Hall–Kier alpha value is -2.37. The van der Waals surface area contributed by atoms with Crippen LogP contribution in [0, 0.1) is 16.0 Å². The summed E-state index contributed by atoms with van der Waals surface area (Å²) in [7, 11) is 0. The van der Waals surface area contributed by atoms with Crippen LogP contribution in [0.2, 0.25) is 0 Å². The molecule has 0 aliphatic carbocycles. The molecule has 1 aromatic rings. The lowest BCUT2D eigenvalue weighted by Gasteiger charge is -2.14. The van der Waals surface area contributed by atoms with Crippen molar-refractivity contribution < 1.29 is 19.6 Å². The van der Waals surface area contributed by atoms with Crippen molar-refractivity contribution in [3.8, 4) is 5.75 Å². The van der Waals surface area contributed by atoms with Crippen LogP contribution >= 0.6 is 0 Å². The van der Waals surface area contributed by atoms with Gasteiger partial charge < -0.3 is 9.84 Å². The summed E-state index contributed by atoms with van der Waals surface area (Å²) in [5, 5.41) is 19.6. The van der Waals surface area contributed by atoms with Crippen LogP contribution in [-0.2, 0) is 4.79 Å². The zero-order chi connectivity index (χ0) is 15.8. The fourth-order valence-electron chi connectivity index (χ4n) is 1.80. The number of nitro benzene ring substituents is 1. The molecule has 0 saturated heterocycles. The van der Waals surface area contributed by atoms with Crippen molar-refractivity contribution >= 4 is 17.7 Å². The number of hydrogen-bond acceptors (Lipinski definition) is 4. The van der Waals surface area contributed by atoms with E-state index in [1.807, 2.05) is 13.8 Å². The third-order valence-electron chi connectivity index (χ3n) is 3.23. The molecule has 21 heavy (non-hydrogen) atoms. The summed E-state index contributed by atoms with van der Waals surface area (Å²) in [5.74, 6) is -0.574. The highest BCUT2D eigenvalue weighted by atomic mass is 16.6. The van der Waals surface area contributed by atoms with Gasteiger partial charge in [0, 0.05) is 12.1 Å². The fourth-order valence-corrected chi connectivity index (χ4v) is 1.80. The molecule has 0 spiro atoms. The SMILES string of the molecule is CCC(CC)COc1cc(/C=C/C(=O)O)ccc1[N+](=O)[O-]. The summed E-state index contributed by atoms with van der Waals surface area (Å²) >= 11 is 0. The Morgan fingerprint density at radius 1 is 1.43 bits per heavy atom. The molecule has 114 valence electrons. The van der Waals surface area contributed by atoms with Crippen LogP contribution in [0.1, 0.15) is 32.3 Å². The predicted molar refractivity (Wildman–Crippen MR) is 79.3 cm³/mol. The van der Waals surface area contributed by atoms with Gasteiger partial charge in [-0.05, 0) is 29.7 Å². The lowest BCUT2D eigenvalue weighted by Crippen LogP contribution is -2.11. The second-order valence-corrected chi connectivity index (χ2v) is 4.65. The second kappa shape index (κ2) is 8.04. The molecule has 0 heterocycles. The Morgan fingerprint density at radius 3 is 2.62 bits per heavy atom. The number of nitro groups is 1. The summed E-state index contributed by atoms with van der Waals surface area (Å²) < 4.78 is 5.57. The van der Waals surface area contributed by atoms with Crippen LogP contribution in [0.4, 0.5) is 5.69 Å². The van der Waals surface area contributed by atoms with Gasteiger partial charge in [-0.1, -0.05) is 26.7 Å². The molecular weight excluding hydrogens is 274 g/mol. The topological polar surface area (TPSA) is 89.7 Å². The maximum Gasteiger partial charge on any atom is 0.328 e. The molecule has 0 radical (unpaired) electrons. The zero-order valence-electron chi connectivity index (χ0n) is 12.1. The average molecular weight is 293 g/mol.